The Morgan fingerprint density at radius 2 is 1.60 bits per heavy atom. The third kappa shape index (κ3) is 5.31. The van der Waals surface area contributed by atoms with Crippen molar-refractivity contribution in [3.8, 4) is 0 Å². The van der Waals surface area contributed by atoms with Crippen LogP contribution < -0.4 is 5.32 Å². The summed E-state index contributed by atoms with van der Waals surface area (Å²) in [6, 6.07) is 27.3. The molecule has 2 heterocycles. The number of fused-ring (bicyclic) bond motifs is 1. The number of para-hydroxylation sites is 1. The molecule has 1 aromatic heterocycles. The lowest BCUT2D eigenvalue weighted by molar-refractivity contribution is -0.929. The third-order valence-corrected chi connectivity index (χ3v) is 7.21. The van der Waals surface area contributed by atoms with Crippen LogP contribution in [0, 0.1) is 0 Å². The van der Waals surface area contributed by atoms with Gasteiger partial charge in [-0.25, -0.2) is 0 Å². The fraction of sp³-hybridized carbons (Fsp3) is 0.300. The van der Waals surface area contributed by atoms with E-state index in [1.165, 1.54) is 11.1 Å². The van der Waals surface area contributed by atoms with Gasteiger partial charge in [-0.3, -0.25) is 4.79 Å². The second-order valence-corrected chi connectivity index (χ2v) is 10.1. The van der Waals surface area contributed by atoms with Crippen LogP contribution in [0.25, 0.3) is 10.9 Å². The summed E-state index contributed by atoms with van der Waals surface area (Å²) >= 11 is 0. The van der Waals surface area contributed by atoms with Gasteiger partial charge in [0.1, 0.15) is 6.54 Å². The van der Waals surface area contributed by atoms with Crippen molar-refractivity contribution < 1.29 is 14.0 Å². The van der Waals surface area contributed by atoms with Crippen molar-refractivity contribution in [2.24, 2.45) is 0 Å². The molecule has 5 heteroatoms. The van der Waals surface area contributed by atoms with Crippen LogP contribution in [0.2, 0.25) is 0 Å². The van der Waals surface area contributed by atoms with Crippen molar-refractivity contribution in [3.63, 3.8) is 0 Å². The highest BCUT2D eigenvalue weighted by molar-refractivity contribution is 6.13. The predicted octanol–water partition coefficient (Wildman–Crippen LogP) is 5.70. The molecule has 5 rings (SSSR count). The van der Waals surface area contributed by atoms with Gasteiger partial charge in [0.2, 0.25) is 0 Å². The topological polar surface area (TPSA) is 43.3 Å². The molecule has 1 N–H and O–H groups in total. The maximum Gasteiger partial charge on any atom is 0.257 e. The zero-order chi connectivity index (χ0) is 24.3. The van der Waals surface area contributed by atoms with Crippen LogP contribution in [0.15, 0.2) is 85.1 Å². The molecule has 1 fully saturated rings. The van der Waals surface area contributed by atoms with Crippen LogP contribution in [-0.4, -0.2) is 48.3 Å². The van der Waals surface area contributed by atoms with Gasteiger partial charge >= 0.3 is 0 Å². The monoisotopic (exact) mass is 468 g/mol. The van der Waals surface area contributed by atoms with Crippen molar-refractivity contribution in [1.29, 1.82) is 0 Å². The van der Waals surface area contributed by atoms with Gasteiger partial charge in [0.25, 0.3) is 5.91 Å². The molecule has 0 saturated carbocycles. The molecule has 0 unspecified atom stereocenters. The quantitative estimate of drug-likeness (QED) is 0.354. The highest BCUT2D eigenvalue weighted by atomic mass is 16.5. The number of hydrogen-bond acceptors (Lipinski definition) is 2. The van der Waals surface area contributed by atoms with Crippen LogP contribution in [0.3, 0.4) is 0 Å². The van der Waals surface area contributed by atoms with Gasteiger partial charge in [-0.05, 0) is 23.8 Å². The fourth-order valence-electron chi connectivity index (χ4n) is 5.21. The summed E-state index contributed by atoms with van der Waals surface area (Å²) in [6.07, 6.45) is 4.19. The first-order valence-electron chi connectivity index (χ1n) is 12.4. The van der Waals surface area contributed by atoms with E-state index in [1.54, 1.807) is 0 Å². The van der Waals surface area contributed by atoms with E-state index in [9.17, 15) is 4.79 Å². The first-order valence-corrected chi connectivity index (χ1v) is 12.4. The Kier molecular flexibility index (Phi) is 6.71. The van der Waals surface area contributed by atoms with Crippen molar-refractivity contribution in [3.05, 3.63) is 102 Å². The van der Waals surface area contributed by atoms with Gasteiger partial charge in [0, 0.05) is 47.7 Å². The maximum atomic E-state index is 13.3. The Labute approximate surface area is 207 Å². The highest BCUT2D eigenvalue weighted by Gasteiger charge is 2.30. The number of quaternary nitrogens is 1. The van der Waals surface area contributed by atoms with Crippen LogP contribution >= 0.6 is 0 Å². The lowest BCUT2D eigenvalue weighted by atomic mass is 10.0. The molecular weight excluding hydrogens is 434 g/mol. The van der Waals surface area contributed by atoms with Crippen LogP contribution in [-0.2, 0) is 17.8 Å². The molecule has 0 bridgehead atoms. The molecule has 1 aliphatic rings. The van der Waals surface area contributed by atoms with E-state index >= 15 is 0 Å². The number of ether oxygens (including phenoxy) is 1. The third-order valence-electron chi connectivity index (χ3n) is 7.21. The molecule has 0 aliphatic carbocycles. The average molecular weight is 469 g/mol. The minimum atomic E-state index is -0.0842. The smallest absolute Gasteiger partial charge is 0.257 e. The second kappa shape index (κ2) is 10.1. The number of aromatic nitrogens is 1. The Morgan fingerprint density at radius 1 is 0.914 bits per heavy atom. The number of benzene rings is 3. The van der Waals surface area contributed by atoms with E-state index in [0.717, 1.165) is 60.2 Å². The van der Waals surface area contributed by atoms with Crippen LogP contribution in [0.1, 0.15) is 34.3 Å². The minimum Gasteiger partial charge on any atom is -0.381 e. The molecule has 0 radical (unpaired) electrons. The average Bonchev–Trinajstić information content (AvgIpc) is 3.25. The number of nitrogens with zero attached hydrogens (tertiary/aromatic N) is 2. The number of rotatable bonds is 7. The summed E-state index contributed by atoms with van der Waals surface area (Å²) in [7, 11) is 4.60. The largest absolute Gasteiger partial charge is 0.381 e. The van der Waals surface area contributed by atoms with Gasteiger partial charge in [-0.2, -0.15) is 0 Å². The molecular formula is C30H34N3O2+. The Morgan fingerprint density at radius 3 is 2.34 bits per heavy atom. The second-order valence-electron chi connectivity index (χ2n) is 10.1. The number of anilines is 1. The number of nitrogens with one attached hydrogen (secondary N) is 1. The minimum absolute atomic E-state index is 0.0842. The number of hydrogen-bond donors (Lipinski definition) is 1. The molecule has 0 atom stereocenters. The molecule has 1 amide bonds. The molecule has 4 aromatic rings. The van der Waals surface area contributed by atoms with E-state index in [0.29, 0.717) is 11.6 Å². The predicted molar refractivity (Wildman–Crippen MR) is 142 cm³/mol. The maximum absolute atomic E-state index is 13.3. The van der Waals surface area contributed by atoms with Crippen molar-refractivity contribution in [2.45, 2.75) is 32.0 Å². The summed E-state index contributed by atoms with van der Waals surface area (Å²) in [5, 5.41) is 4.07. The summed E-state index contributed by atoms with van der Waals surface area (Å²) < 4.78 is 8.65. The van der Waals surface area contributed by atoms with Crippen molar-refractivity contribution >= 4 is 22.5 Å². The van der Waals surface area contributed by atoms with E-state index in [-0.39, 0.29) is 5.91 Å². The molecule has 35 heavy (non-hydrogen) atoms. The zero-order valence-corrected chi connectivity index (χ0v) is 20.6. The van der Waals surface area contributed by atoms with Gasteiger partial charge in [0.15, 0.2) is 0 Å². The zero-order valence-electron chi connectivity index (χ0n) is 20.6. The van der Waals surface area contributed by atoms with Gasteiger partial charge < -0.3 is 19.1 Å². The molecule has 3 aromatic carbocycles. The van der Waals surface area contributed by atoms with E-state index in [4.69, 9.17) is 4.74 Å². The van der Waals surface area contributed by atoms with Crippen LogP contribution in [0.4, 0.5) is 5.69 Å². The highest BCUT2D eigenvalue weighted by Crippen LogP contribution is 2.25. The van der Waals surface area contributed by atoms with Crippen molar-refractivity contribution in [1.82, 2.24) is 4.57 Å². The normalized spacial score (nSPS) is 14.8. The van der Waals surface area contributed by atoms with E-state index in [1.807, 2.05) is 54.7 Å². The number of amides is 1. The SMILES string of the molecule is C[N+](C)(Cc1ccc(NC(=O)c2cn(Cc3ccccc3)c3ccccc23)cc1)C1CCOCC1. The number of carbonyl (C=O) groups is 1. The Bertz CT molecular complexity index is 1290. The van der Waals surface area contributed by atoms with E-state index < -0.39 is 0 Å². The first-order chi connectivity index (χ1) is 17.0. The summed E-state index contributed by atoms with van der Waals surface area (Å²) in [6.45, 7) is 3.41. The Hall–Kier alpha value is -3.41. The fourth-order valence-corrected chi connectivity index (χ4v) is 5.21. The lowest BCUT2D eigenvalue weighted by Crippen LogP contribution is -2.50. The molecule has 180 valence electrons. The number of carbonyl (C=O) groups excluding carboxylic acids is 1. The Balaban J connectivity index is 1.30. The molecule has 5 nitrogen and oxygen atoms in total. The van der Waals surface area contributed by atoms with Crippen molar-refractivity contribution in [2.75, 3.05) is 32.6 Å². The molecule has 0 spiro atoms. The lowest BCUT2D eigenvalue weighted by Gasteiger charge is -2.40. The molecule has 1 saturated heterocycles. The van der Waals surface area contributed by atoms with Gasteiger partial charge in [-0.1, -0.05) is 60.7 Å². The summed E-state index contributed by atoms with van der Waals surface area (Å²) in [5.41, 5.74) is 5.05. The summed E-state index contributed by atoms with van der Waals surface area (Å²) in [4.78, 5) is 13.3. The summed E-state index contributed by atoms with van der Waals surface area (Å²) in [5.74, 6) is -0.0842. The standard InChI is InChI=1S/C30H33N3O2/c1-33(2,26-16-18-35-19-17-26)22-24-12-14-25(15-13-24)31-30(34)28-21-32(20-23-8-4-3-5-9-23)29-11-7-6-10-27(28)29/h3-15,21,26H,16-20,22H2,1-2H3/p+1. The van der Waals surface area contributed by atoms with Gasteiger partial charge in [0.05, 0.1) is 38.9 Å². The first kappa shape index (κ1) is 23.3. The van der Waals surface area contributed by atoms with Gasteiger partial charge in [-0.15, -0.1) is 0 Å². The molecule has 1 aliphatic heterocycles. The van der Waals surface area contributed by atoms with Crippen LogP contribution in [0.5, 0.6) is 0 Å². The van der Waals surface area contributed by atoms with E-state index in [2.05, 4.69) is 54.3 Å².